The molecule has 0 unspecified atom stereocenters. The highest BCUT2D eigenvalue weighted by molar-refractivity contribution is 5.60. The van der Waals surface area contributed by atoms with Crippen molar-refractivity contribution in [2.24, 2.45) is 5.73 Å². The molecule has 4 nitrogen and oxygen atoms in total. The van der Waals surface area contributed by atoms with Crippen molar-refractivity contribution in [1.82, 2.24) is 9.97 Å². The van der Waals surface area contributed by atoms with Crippen molar-refractivity contribution >= 4 is 5.95 Å². The molecule has 0 radical (unpaired) electrons. The van der Waals surface area contributed by atoms with E-state index in [0.29, 0.717) is 6.54 Å². The molecule has 0 aliphatic carbocycles. The molecule has 0 amide bonds. The van der Waals surface area contributed by atoms with Gasteiger partial charge in [-0.15, -0.1) is 0 Å². The Morgan fingerprint density at radius 1 is 1.05 bits per heavy atom. The molecule has 2 N–H and O–H groups in total. The number of benzene rings is 1. The van der Waals surface area contributed by atoms with Crippen LogP contribution in [-0.2, 0) is 6.54 Å². The first kappa shape index (κ1) is 12.1. The first-order chi connectivity index (χ1) is 9.36. The highest BCUT2D eigenvalue weighted by Crippen LogP contribution is 2.21. The molecule has 1 aliphatic rings. The molecular formula is C15H18N4. The highest BCUT2D eigenvalue weighted by Gasteiger charge is 2.15. The standard InChI is InChI=1S/C15H18N4/c16-11-12-3-5-13(6-4-12)14-7-8-17-15(18-14)19-9-1-2-10-19/h3-8H,1-2,9-11,16H2. The average Bonchev–Trinajstić information content (AvgIpc) is 3.02. The molecule has 0 spiro atoms. The molecule has 2 heterocycles. The van der Waals surface area contributed by atoms with Gasteiger partial charge in [-0.05, 0) is 24.5 Å². The maximum atomic E-state index is 5.61. The number of rotatable bonds is 3. The zero-order valence-electron chi connectivity index (χ0n) is 10.9. The Bertz CT molecular complexity index is 544. The number of nitrogens with two attached hydrogens (primary N) is 1. The fraction of sp³-hybridized carbons (Fsp3) is 0.333. The van der Waals surface area contributed by atoms with Crippen molar-refractivity contribution in [2.75, 3.05) is 18.0 Å². The van der Waals surface area contributed by atoms with Gasteiger partial charge in [0.25, 0.3) is 0 Å². The molecule has 98 valence electrons. The summed E-state index contributed by atoms with van der Waals surface area (Å²) >= 11 is 0. The number of aromatic nitrogens is 2. The maximum Gasteiger partial charge on any atom is 0.225 e. The van der Waals surface area contributed by atoms with E-state index in [9.17, 15) is 0 Å². The van der Waals surface area contributed by atoms with Gasteiger partial charge in [-0.3, -0.25) is 0 Å². The molecule has 1 aromatic carbocycles. The van der Waals surface area contributed by atoms with E-state index < -0.39 is 0 Å². The van der Waals surface area contributed by atoms with E-state index in [2.05, 4.69) is 27.0 Å². The molecule has 1 aliphatic heterocycles. The number of nitrogens with zero attached hydrogens (tertiary/aromatic N) is 3. The summed E-state index contributed by atoms with van der Waals surface area (Å²) in [5.41, 5.74) is 8.83. The Morgan fingerprint density at radius 2 is 1.79 bits per heavy atom. The van der Waals surface area contributed by atoms with Gasteiger partial charge in [0.15, 0.2) is 0 Å². The van der Waals surface area contributed by atoms with Gasteiger partial charge < -0.3 is 10.6 Å². The van der Waals surface area contributed by atoms with Crippen molar-refractivity contribution < 1.29 is 0 Å². The smallest absolute Gasteiger partial charge is 0.225 e. The minimum absolute atomic E-state index is 0.573. The summed E-state index contributed by atoms with van der Waals surface area (Å²) in [7, 11) is 0. The fourth-order valence-corrected chi connectivity index (χ4v) is 2.39. The molecule has 0 bridgehead atoms. The zero-order valence-corrected chi connectivity index (χ0v) is 10.9. The summed E-state index contributed by atoms with van der Waals surface area (Å²) in [6.07, 6.45) is 4.31. The third kappa shape index (κ3) is 2.58. The van der Waals surface area contributed by atoms with Crippen LogP contribution >= 0.6 is 0 Å². The van der Waals surface area contributed by atoms with Gasteiger partial charge in [-0.25, -0.2) is 9.97 Å². The third-order valence-corrected chi connectivity index (χ3v) is 3.52. The van der Waals surface area contributed by atoms with Gasteiger partial charge in [0.2, 0.25) is 5.95 Å². The summed E-state index contributed by atoms with van der Waals surface area (Å²) in [4.78, 5) is 11.3. The SMILES string of the molecule is NCc1ccc(-c2ccnc(N3CCCC3)n2)cc1. The Labute approximate surface area is 113 Å². The minimum Gasteiger partial charge on any atom is -0.341 e. The molecule has 2 aromatic rings. The van der Waals surface area contributed by atoms with Crippen LogP contribution in [0.15, 0.2) is 36.5 Å². The average molecular weight is 254 g/mol. The van der Waals surface area contributed by atoms with E-state index in [1.807, 2.05) is 24.4 Å². The van der Waals surface area contributed by atoms with Crippen molar-refractivity contribution in [1.29, 1.82) is 0 Å². The predicted molar refractivity (Wildman–Crippen MR) is 76.8 cm³/mol. The zero-order chi connectivity index (χ0) is 13.1. The van der Waals surface area contributed by atoms with Crippen LogP contribution in [0.5, 0.6) is 0 Å². The van der Waals surface area contributed by atoms with E-state index in [4.69, 9.17) is 5.73 Å². The number of hydrogen-bond donors (Lipinski definition) is 1. The monoisotopic (exact) mass is 254 g/mol. The van der Waals surface area contributed by atoms with E-state index in [1.165, 1.54) is 12.8 Å². The van der Waals surface area contributed by atoms with Crippen LogP contribution in [0.4, 0.5) is 5.95 Å². The first-order valence-corrected chi connectivity index (χ1v) is 6.74. The Morgan fingerprint density at radius 3 is 2.47 bits per heavy atom. The minimum atomic E-state index is 0.573. The normalized spacial score (nSPS) is 14.9. The van der Waals surface area contributed by atoms with Crippen LogP contribution < -0.4 is 10.6 Å². The molecule has 4 heteroatoms. The number of anilines is 1. The van der Waals surface area contributed by atoms with Crippen LogP contribution in [0.3, 0.4) is 0 Å². The molecule has 1 fully saturated rings. The number of hydrogen-bond acceptors (Lipinski definition) is 4. The maximum absolute atomic E-state index is 5.61. The van der Waals surface area contributed by atoms with Gasteiger partial charge in [-0.2, -0.15) is 0 Å². The fourth-order valence-electron chi connectivity index (χ4n) is 2.39. The second kappa shape index (κ2) is 5.36. The van der Waals surface area contributed by atoms with E-state index in [1.54, 1.807) is 0 Å². The van der Waals surface area contributed by atoms with Crippen molar-refractivity contribution in [3.05, 3.63) is 42.1 Å². The Balaban J connectivity index is 1.89. The Hall–Kier alpha value is -1.94. The van der Waals surface area contributed by atoms with Crippen LogP contribution in [0.25, 0.3) is 11.3 Å². The summed E-state index contributed by atoms with van der Waals surface area (Å²) < 4.78 is 0. The van der Waals surface area contributed by atoms with Gasteiger partial charge in [0.1, 0.15) is 0 Å². The lowest BCUT2D eigenvalue weighted by atomic mass is 10.1. The molecule has 0 atom stereocenters. The summed E-state index contributed by atoms with van der Waals surface area (Å²) in [6, 6.07) is 10.2. The first-order valence-electron chi connectivity index (χ1n) is 6.74. The van der Waals surface area contributed by atoms with Gasteiger partial charge >= 0.3 is 0 Å². The molecule has 3 rings (SSSR count). The van der Waals surface area contributed by atoms with Gasteiger partial charge in [0.05, 0.1) is 5.69 Å². The largest absolute Gasteiger partial charge is 0.341 e. The predicted octanol–water partition coefficient (Wildman–Crippen LogP) is 2.20. The summed E-state index contributed by atoms with van der Waals surface area (Å²) in [5.74, 6) is 0.845. The summed E-state index contributed by atoms with van der Waals surface area (Å²) in [5, 5.41) is 0. The molecule has 0 saturated carbocycles. The van der Waals surface area contributed by atoms with E-state index in [-0.39, 0.29) is 0 Å². The van der Waals surface area contributed by atoms with Gasteiger partial charge in [-0.1, -0.05) is 24.3 Å². The van der Waals surface area contributed by atoms with E-state index in [0.717, 1.165) is 35.9 Å². The molecular weight excluding hydrogens is 236 g/mol. The quantitative estimate of drug-likeness (QED) is 0.912. The van der Waals surface area contributed by atoms with Crippen LogP contribution in [0, 0.1) is 0 Å². The molecule has 1 aromatic heterocycles. The lowest BCUT2D eigenvalue weighted by Gasteiger charge is -2.15. The van der Waals surface area contributed by atoms with Crippen molar-refractivity contribution in [2.45, 2.75) is 19.4 Å². The van der Waals surface area contributed by atoms with E-state index >= 15 is 0 Å². The highest BCUT2D eigenvalue weighted by atomic mass is 15.3. The lowest BCUT2D eigenvalue weighted by Crippen LogP contribution is -2.20. The molecule has 1 saturated heterocycles. The third-order valence-electron chi connectivity index (χ3n) is 3.52. The molecule has 19 heavy (non-hydrogen) atoms. The van der Waals surface area contributed by atoms with Crippen LogP contribution in [0.1, 0.15) is 18.4 Å². The lowest BCUT2D eigenvalue weighted by molar-refractivity contribution is 0.900. The second-order valence-electron chi connectivity index (χ2n) is 4.84. The second-order valence-corrected chi connectivity index (χ2v) is 4.84. The summed E-state index contributed by atoms with van der Waals surface area (Å²) in [6.45, 7) is 2.70. The van der Waals surface area contributed by atoms with Crippen molar-refractivity contribution in [3.63, 3.8) is 0 Å². The Kier molecular flexibility index (Phi) is 3.42. The van der Waals surface area contributed by atoms with Gasteiger partial charge in [0, 0.05) is 31.4 Å². The van der Waals surface area contributed by atoms with Crippen LogP contribution in [0.2, 0.25) is 0 Å². The van der Waals surface area contributed by atoms with Crippen LogP contribution in [-0.4, -0.2) is 23.1 Å². The van der Waals surface area contributed by atoms with Crippen molar-refractivity contribution in [3.8, 4) is 11.3 Å². The topological polar surface area (TPSA) is 55.0 Å².